The van der Waals surface area contributed by atoms with Gasteiger partial charge in [0.1, 0.15) is 5.75 Å². The van der Waals surface area contributed by atoms with Crippen LogP contribution in [-0.4, -0.2) is 10.1 Å². The Hall–Kier alpha value is -2.39. The van der Waals surface area contributed by atoms with Gasteiger partial charge in [0.05, 0.1) is 0 Å². The van der Waals surface area contributed by atoms with Crippen molar-refractivity contribution < 1.29 is 5.11 Å². The molecule has 0 aliphatic heterocycles. The molecule has 0 unspecified atom stereocenters. The number of phenols is 1. The highest BCUT2D eigenvalue weighted by Crippen LogP contribution is 2.27. The van der Waals surface area contributed by atoms with Gasteiger partial charge in [-0.05, 0) is 41.5 Å². The summed E-state index contributed by atoms with van der Waals surface area (Å²) < 4.78 is 0. The van der Waals surface area contributed by atoms with Gasteiger partial charge in [-0.2, -0.15) is 0 Å². The fourth-order valence-electron chi connectivity index (χ4n) is 2.54. The number of aromatic nitrogens is 1. The van der Waals surface area contributed by atoms with Gasteiger partial charge in [-0.25, -0.2) is 0 Å². The molecule has 0 spiro atoms. The number of rotatable bonds is 4. The molecule has 2 aromatic carbocycles. The first-order valence-electron chi connectivity index (χ1n) is 7.08. The molecule has 21 heavy (non-hydrogen) atoms. The lowest BCUT2D eigenvalue weighted by Gasteiger charge is -2.16. The van der Waals surface area contributed by atoms with Gasteiger partial charge < -0.3 is 10.4 Å². The van der Waals surface area contributed by atoms with Gasteiger partial charge in [0.2, 0.25) is 0 Å². The second kappa shape index (κ2) is 5.94. The second-order valence-corrected chi connectivity index (χ2v) is 5.17. The highest BCUT2D eigenvalue weighted by Gasteiger charge is 2.09. The summed E-state index contributed by atoms with van der Waals surface area (Å²) in [6, 6.07) is 16.0. The molecule has 0 amide bonds. The van der Waals surface area contributed by atoms with Crippen LogP contribution in [0.1, 0.15) is 24.1 Å². The smallest absolute Gasteiger partial charge is 0.120 e. The summed E-state index contributed by atoms with van der Waals surface area (Å²) in [5.41, 5.74) is 2.12. The van der Waals surface area contributed by atoms with Crippen LogP contribution in [-0.2, 0) is 6.54 Å². The third-order valence-electron chi connectivity index (χ3n) is 3.81. The third kappa shape index (κ3) is 2.88. The zero-order valence-electron chi connectivity index (χ0n) is 12.0. The summed E-state index contributed by atoms with van der Waals surface area (Å²) in [6.45, 7) is 2.73. The van der Waals surface area contributed by atoms with E-state index in [1.807, 2.05) is 36.4 Å². The molecule has 3 rings (SSSR count). The lowest BCUT2D eigenvalue weighted by molar-refractivity contribution is 0.462. The molecule has 3 nitrogen and oxygen atoms in total. The molecule has 2 N–H and O–H groups in total. The summed E-state index contributed by atoms with van der Waals surface area (Å²) in [4.78, 5) is 4.03. The van der Waals surface area contributed by atoms with Crippen LogP contribution in [0.25, 0.3) is 10.8 Å². The quantitative estimate of drug-likeness (QED) is 0.763. The van der Waals surface area contributed by atoms with E-state index in [4.69, 9.17) is 0 Å². The molecule has 0 fully saturated rings. The van der Waals surface area contributed by atoms with Crippen molar-refractivity contribution in [1.29, 1.82) is 0 Å². The van der Waals surface area contributed by atoms with Crippen molar-refractivity contribution in [3.8, 4) is 5.75 Å². The van der Waals surface area contributed by atoms with Gasteiger partial charge in [0.25, 0.3) is 0 Å². The Kier molecular flexibility index (Phi) is 3.84. The van der Waals surface area contributed by atoms with E-state index in [1.54, 1.807) is 18.5 Å². The number of aromatic hydroxyl groups is 1. The fourth-order valence-corrected chi connectivity index (χ4v) is 2.54. The summed E-state index contributed by atoms with van der Waals surface area (Å²) in [7, 11) is 0. The summed E-state index contributed by atoms with van der Waals surface area (Å²) in [5, 5.41) is 15.8. The standard InChI is InChI=1S/C18H18N2O/c1-13(14-8-10-19-11-9-14)20-12-17-16-5-3-2-4-15(16)6-7-18(17)21/h2-11,13,20-21H,12H2,1H3/t13-/m0/s1. The van der Waals surface area contributed by atoms with Crippen LogP contribution in [0.3, 0.4) is 0 Å². The normalized spacial score (nSPS) is 12.4. The van der Waals surface area contributed by atoms with Crippen molar-refractivity contribution in [1.82, 2.24) is 10.3 Å². The van der Waals surface area contributed by atoms with Crippen LogP contribution < -0.4 is 5.32 Å². The van der Waals surface area contributed by atoms with E-state index < -0.39 is 0 Å². The molecule has 0 bridgehead atoms. The molecule has 3 heteroatoms. The Bertz CT molecular complexity index is 741. The number of fused-ring (bicyclic) bond motifs is 1. The molecule has 1 aromatic heterocycles. The molecule has 0 saturated carbocycles. The molecule has 106 valence electrons. The minimum Gasteiger partial charge on any atom is -0.508 e. The Morgan fingerprint density at radius 1 is 1.05 bits per heavy atom. The monoisotopic (exact) mass is 278 g/mol. The van der Waals surface area contributed by atoms with Crippen LogP contribution in [0.15, 0.2) is 60.9 Å². The van der Waals surface area contributed by atoms with Crippen LogP contribution in [0.5, 0.6) is 5.75 Å². The predicted molar refractivity (Wildman–Crippen MR) is 85.1 cm³/mol. The minimum absolute atomic E-state index is 0.200. The van der Waals surface area contributed by atoms with Crippen LogP contribution in [0.2, 0.25) is 0 Å². The van der Waals surface area contributed by atoms with Crippen molar-refractivity contribution >= 4 is 10.8 Å². The third-order valence-corrected chi connectivity index (χ3v) is 3.81. The van der Waals surface area contributed by atoms with Gasteiger partial charge in [-0.3, -0.25) is 4.98 Å². The van der Waals surface area contributed by atoms with Crippen molar-refractivity contribution in [3.63, 3.8) is 0 Å². The maximum Gasteiger partial charge on any atom is 0.120 e. The summed E-state index contributed by atoms with van der Waals surface area (Å²) in [6.07, 6.45) is 3.59. The molecule has 1 atom stereocenters. The van der Waals surface area contributed by atoms with E-state index in [-0.39, 0.29) is 6.04 Å². The van der Waals surface area contributed by atoms with Crippen molar-refractivity contribution in [2.75, 3.05) is 0 Å². The van der Waals surface area contributed by atoms with E-state index in [9.17, 15) is 5.11 Å². The van der Waals surface area contributed by atoms with E-state index in [1.165, 1.54) is 5.56 Å². The predicted octanol–water partition coefficient (Wildman–Crippen LogP) is 3.79. The van der Waals surface area contributed by atoms with E-state index >= 15 is 0 Å². The molecular weight excluding hydrogens is 260 g/mol. The zero-order valence-corrected chi connectivity index (χ0v) is 12.0. The van der Waals surface area contributed by atoms with E-state index in [0.717, 1.165) is 16.3 Å². The highest BCUT2D eigenvalue weighted by molar-refractivity contribution is 5.87. The Labute approximate surface area is 124 Å². The van der Waals surface area contributed by atoms with Crippen LogP contribution >= 0.6 is 0 Å². The minimum atomic E-state index is 0.200. The number of benzene rings is 2. The van der Waals surface area contributed by atoms with Gasteiger partial charge in [0, 0.05) is 30.5 Å². The first-order valence-corrected chi connectivity index (χ1v) is 7.08. The zero-order chi connectivity index (χ0) is 14.7. The van der Waals surface area contributed by atoms with E-state index in [2.05, 4.69) is 23.3 Å². The molecule has 1 heterocycles. The van der Waals surface area contributed by atoms with Crippen molar-refractivity contribution in [2.45, 2.75) is 19.5 Å². The summed E-state index contributed by atoms with van der Waals surface area (Å²) in [5.74, 6) is 0.336. The largest absolute Gasteiger partial charge is 0.508 e. The topological polar surface area (TPSA) is 45.1 Å². The van der Waals surface area contributed by atoms with Gasteiger partial charge in [-0.1, -0.05) is 30.3 Å². The Morgan fingerprint density at radius 3 is 2.62 bits per heavy atom. The lowest BCUT2D eigenvalue weighted by atomic mass is 10.0. The summed E-state index contributed by atoms with van der Waals surface area (Å²) >= 11 is 0. The first-order chi connectivity index (χ1) is 10.3. The molecule has 0 aliphatic carbocycles. The number of hydrogen-bond acceptors (Lipinski definition) is 3. The molecule has 0 saturated heterocycles. The highest BCUT2D eigenvalue weighted by atomic mass is 16.3. The molecular formula is C18H18N2O. The van der Waals surface area contributed by atoms with Gasteiger partial charge in [0.15, 0.2) is 0 Å². The molecule has 0 aliphatic rings. The van der Waals surface area contributed by atoms with Crippen molar-refractivity contribution in [2.24, 2.45) is 0 Å². The number of nitrogens with one attached hydrogen (secondary N) is 1. The Morgan fingerprint density at radius 2 is 1.81 bits per heavy atom. The van der Waals surface area contributed by atoms with Gasteiger partial charge >= 0.3 is 0 Å². The van der Waals surface area contributed by atoms with Gasteiger partial charge in [-0.15, -0.1) is 0 Å². The molecule has 3 aromatic rings. The molecule has 0 radical (unpaired) electrons. The Balaban J connectivity index is 1.84. The van der Waals surface area contributed by atoms with Crippen LogP contribution in [0.4, 0.5) is 0 Å². The number of nitrogens with zero attached hydrogens (tertiary/aromatic N) is 1. The number of pyridine rings is 1. The number of hydrogen-bond donors (Lipinski definition) is 2. The average Bonchev–Trinajstić information content (AvgIpc) is 2.54. The van der Waals surface area contributed by atoms with E-state index in [0.29, 0.717) is 12.3 Å². The maximum absolute atomic E-state index is 10.1. The van der Waals surface area contributed by atoms with Crippen molar-refractivity contribution in [3.05, 3.63) is 72.1 Å². The maximum atomic E-state index is 10.1. The SMILES string of the molecule is C[C@H](NCc1c(O)ccc2ccccc12)c1ccncc1. The number of phenolic OH excluding ortho intramolecular Hbond substituents is 1. The lowest BCUT2D eigenvalue weighted by Crippen LogP contribution is -2.18. The fraction of sp³-hybridized carbons (Fsp3) is 0.167. The van der Waals surface area contributed by atoms with Crippen LogP contribution in [0, 0.1) is 0 Å². The average molecular weight is 278 g/mol. The first kappa shape index (κ1) is 13.6. The second-order valence-electron chi connectivity index (χ2n) is 5.17.